The van der Waals surface area contributed by atoms with Crippen LogP contribution in [0.1, 0.15) is 34.8 Å². The molecule has 202 valence electrons. The molecule has 2 amide bonds. The predicted octanol–water partition coefficient (Wildman–Crippen LogP) is 2.92. The second-order valence-electron chi connectivity index (χ2n) is 9.59. The van der Waals surface area contributed by atoms with Gasteiger partial charge in [-0.15, -0.1) is 10.2 Å². The Morgan fingerprint density at radius 1 is 1.00 bits per heavy atom. The first-order valence-corrected chi connectivity index (χ1v) is 12.9. The van der Waals surface area contributed by atoms with Crippen LogP contribution in [0.3, 0.4) is 0 Å². The molecule has 12 nitrogen and oxygen atoms in total. The Morgan fingerprint density at radius 3 is 2.52 bits per heavy atom. The molecule has 1 atom stereocenters. The Bertz CT molecular complexity index is 1670. The number of pyridine rings is 1. The molecular weight excluding hydrogens is 510 g/mol. The summed E-state index contributed by atoms with van der Waals surface area (Å²) in [6.07, 6.45) is 1.58. The Morgan fingerprint density at radius 2 is 1.80 bits per heavy atom. The number of nitrogens with zero attached hydrogens (tertiary/aromatic N) is 8. The van der Waals surface area contributed by atoms with Crippen molar-refractivity contribution in [3.63, 3.8) is 0 Å². The van der Waals surface area contributed by atoms with E-state index in [1.165, 1.54) is 11.7 Å². The summed E-state index contributed by atoms with van der Waals surface area (Å²) in [7, 11) is 1.75. The fraction of sp³-hybridized carbons (Fsp3) is 0.250. The SMILES string of the molecule is CC(=O)Nc1ccc2oc(-c3ccnc(C(=O)N4CCN(C(c5ccccc5)c5nnn(C)n5)CC4)c3)nc2c1. The van der Waals surface area contributed by atoms with Crippen molar-refractivity contribution in [2.75, 3.05) is 31.5 Å². The Labute approximate surface area is 229 Å². The standard InChI is InChI=1S/C28H27N9O3/c1-18(38)30-21-8-9-24-22(17-21)31-27(40-24)20-10-11-29-23(16-20)28(39)37-14-12-36(13-15-37)25(19-6-4-3-5-7-19)26-32-34-35(2)33-26/h3-11,16-17,25H,12-15H2,1-2H3,(H,30,38). The van der Waals surface area contributed by atoms with E-state index in [0.717, 1.165) is 5.56 Å². The third-order valence-corrected chi connectivity index (χ3v) is 6.78. The van der Waals surface area contributed by atoms with Gasteiger partial charge in [0.15, 0.2) is 11.4 Å². The van der Waals surface area contributed by atoms with Gasteiger partial charge in [-0.1, -0.05) is 30.3 Å². The minimum atomic E-state index is -0.165. The summed E-state index contributed by atoms with van der Waals surface area (Å²) in [6, 6.07) is 18.6. The van der Waals surface area contributed by atoms with E-state index in [4.69, 9.17) is 4.42 Å². The van der Waals surface area contributed by atoms with Gasteiger partial charge in [0.05, 0.1) is 13.1 Å². The monoisotopic (exact) mass is 537 g/mol. The zero-order chi connectivity index (χ0) is 27.6. The highest BCUT2D eigenvalue weighted by Gasteiger charge is 2.31. The molecule has 1 aliphatic heterocycles. The van der Waals surface area contributed by atoms with Crippen molar-refractivity contribution in [2.45, 2.75) is 13.0 Å². The highest BCUT2D eigenvalue weighted by molar-refractivity contribution is 5.94. The molecule has 1 saturated heterocycles. The molecule has 0 saturated carbocycles. The van der Waals surface area contributed by atoms with Gasteiger partial charge in [0.25, 0.3) is 5.91 Å². The van der Waals surface area contributed by atoms with Gasteiger partial charge in [0.2, 0.25) is 11.8 Å². The highest BCUT2D eigenvalue weighted by Crippen LogP contribution is 2.29. The molecule has 3 aromatic heterocycles. The Kier molecular flexibility index (Phi) is 6.74. The number of benzene rings is 2. The van der Waals surface area contributed by atoms with Crippen LogP contribution in [0.5, 0.6) is 0 Å². The summed E-state index contributed by atoms with van der Waals surface area (Å²) < 4.78 is 5.92. The quantitative estimate of drug-likeness (QED) is 0.347. The maximum Gasteiger partial charge on any atom is 0.272 e. The first-order valence-electron chi connectivity index (χ1n) is 12.9. The number of hydrogen-bond acceptors (Lipinski definition) is 9. The molecule has 0 spiro atoms. The highest BCUT2D eigenvalue weighted by atomic mass is 16.3. The number of carbonyl (C=O) groups excluding carboxylic acids is 2. The van der Waals surface area contributed by atoms with E-state index in [1.807, 2.05) is 18.2 Å². The smallest absolute Gasteiger partial charge is 0.272 e. The molecule has 12 heteroatoms. The van der Waals surface area contributed by atoms with E-state index in [2.05, 4.69) is 47.7 Å². The van der Waals surface area contributed by atoms with Crippen LogP contribution in [-0.2, 0) is 11.8 Å². The largest absolute Gasteiger partial charge is 0.436 e. The molecule has 1 N–H and O–H groups in total. The molecular formula is C28H27N9O3. The molecule has 0 bridgehead atoms. The summed E-state index contributed by atoms with van der Waals surface area (Å²) in [5, 5.41) is 15.5. The Balaban J connectivity index is 1.18. The molecule has 5 aromatic rings. The molecule has 0 radical (unpaired) electrons. The number of hydrogen-bond donors (Lipinski definition) is 1. The van der Waals surface area contributed by atoms with Gasteiger partial charge in [-0.25, -0.2) is 4.98 Å². The van der Waals surface area contributed by atoms with Gasteiger partial charge in [0, 0.05) is 50.6 Å². The van der Waals surface area contributed by atoms with Crippen molar-refractivity contribution in [1.29, 1.82) is 0 Å². The van der Waals surface area contributed by atoms with Gasteiger partial charge in [-0.3, -0.25) is 19.5 Å². The lowest BCUT2D eigenvalue weighted by molar-refractivity contribution is -0.114. The van der Waals surface area contributed by atoms with Crippen LogP contribution in [-0.4, -0.2) is 78.0 Å². The summed E-state index contributed by atoms with van der Waals surface area (Å²) in [5.74, 6) is 0.686. The second kappa shape index (κ2) is 10.7. The maximum atomic E-state index is 13.4. The number of piperazine rings is 1. The molecule has 1 unspecified atom stereocenters. The maximum absolute atomic E-state index is 13.4. The van der Waals surface area contributed by atoms with Crippen molar-refractivity contribution >= 4 is 28.6 Å². The Hall–Kier alpha value is -4.97. The van der Waals surface area contributed by atoms with Crippen LogP contribution in [0.2, 0.25) is 0 Å². The number of carbonyl (C=O) groups is 2. The molecule has 0 aliphatic carbocycles. The second-order valence-corrected chi connectivity index (χ2v) is 9.59. The van der Waals surface area contributed by atoms with Crippen molar-refractivity contribution in [3.8, 4) is 11.5 Å². The van der Waals surface area contributed by atoms with Crippen molar-refractivity contribution in [2.24, 2.45) is 7.05 Å². The van der Waals surface area contributed by atoms with E-state index in [-0.39, 0.29) is 17.9 Å². The van der Waals surface area contributed by atoms with Crippen LogP contribution in [0, 0.1) is 0 Å². The van der Waals surface area contributed by atoms with Gasteiger partial charge in [-0.2, -0.15) is 4.80 Å². The van der Waals surface area contributed by atoms with Crippen LogP contribution < -0.4 is 5.32 Å². The number of fused-ring (bicyclic) bond motifs is 1. The number of rotatable bonds is 6. The zero-order valence-electron chi connectivity index (χ0n) is 22.1. The molecule has 1 aliphatic rings. The van der Waals surface area contributed by atoms with Crippen LogP contribution in [0.25, 0.3) is 22.6 Å². The van der Waals surface area contributed by atoms with E-state index in [1.54, 1.807) is 48.5 Å². The molecule has 6 rings (SSSR count). The van der Waals surface area contributed by atoms with E-state index >= 15 is 0 Å². The summed E-state index contributed by atoms with van der Waals surface area (Å²) in [4.78, 5) is 39.3. The molecule has 40 heavy (non-hydrogen) atoms. The van der Waals surface area contributed by atoms with Gasteiger partial charge in [0.1, 0.15) is 11.2 Å². The number of aromatic nitrogens is 6. The number of oxazole rings is 1. The summed E-state index contributed by atoms with van der Waals surface area (Å²) in [5.41, 5.74) is 3.86. The fourth-order valence-electron chi connectivity index (χ4n) is 4.92. The van der Waals surface area contributed by atoms with E-state index < -0.39 is 0 Å². The van der Waals surface area contributed by atoms with Crippen LogP contribution in [0.4, 0.5) is 5.69 Å². The minimum Gasteiger partial charge on any atom is -0.436 e. The summed E-state index contributed by atoms with van der Waals surface area (Å²) >= 11 is 0. The normalized spacial score (nSPS) is 14.8. The number of aryl methyl sites for hydroxylation is 1. The number of tetrazole rings is 1. The lowest BCUT2D eigenvalue weighted by atomic mass is 10.0. The van der Waals surface area contributed by atoms with Crippen LogP contribution >= 0.6 is 0 Å². The van der Waals surface area contributed by atoms with Gasteiger partial charge >= 0.3 is 0 Å². The first kappa shape index (κ1) is 25.3. The molecule has 1 fully saturated rings. The molecule has 4 heterocycles. The average molecular weight is 538 g/mol. The summed E-state index contributed by atoms with van der Waals surface area (Å²) in [6.45, 7) is 3.80. The van der Waals surface area contributed by atoms with E-state index in [9.17, 15) is 9.59 Å². The lowest BCUT2D eigenvalue weighted by Crippen LogP contribution is -2.50. The van der Waals surface area contributed by atoms with Crippen molar-refractivity contribution < 1.29 is 14.0 Å². The number of amides is 2. The topological polar surface area (TPSA) is 135 Å². The van der Waals surface area contributed by atoms with Gasteiger partial charge < -0.3 is 14.6 Å². The number of nitrogens with one attached hydrogen (secondary N) is 1. The minimum absolute atomic E-state index is 0.153. The van der Waals surface area contributed by atoms with Crippen molar-refractivity contribution in [3.05, 3.63) is 83.9 Å². The molecule has 2 aromatic carbocycles. The predicted molar refractivity (Wildman–Crippen MR) is 146 cm³/mol. The first-order chi connectivity index (χ1) is 19.4. The van der Waals surface area contributed by atoms with Crippen molar-refractivity contribution in [1.82, 2.24) is 40.0 Å². The van der Waals surface area contributed by atoms with E-state index in [0.29, 0.717) is 65.9 Å². The third-order valence-electron chi connectivity index (χ3n) is 6.78. The average Bonchev–Trinajstić information content (AvgIpc) is 3.59. The third kappa shape index (κ3) is 5.16. The van der Waals surface area contributed by atoms with Gasteiger partial charge in [-0.05, 0) is 41.1 Å². The number of anilines is 1. The zero-order valence-corrected chi connectivity index (χ0v) is 22.1. The van der Waals surface area contributed by atoms with Crippen LogP contribution in [0.15, 0.2) is 71.3 Å². The lowest BCUT2D eigenvalue weighted by Gasteiger charge is -2.38. The fourth-order valence-corrected chi connectivity index (χ4v) is 4.92.